The van der Waals surface area contributed by atoms with Crippen molar-refractivity contribution in [3.05, 3.63) is 29.6 Å². The van der Waals surface area contributed by atoms with Crippen molar-refractivity contribution in [2.45, 2.75) is 0 Å². The molecule has 0 bridgehead atoms. The van der Waals surface area contributed by atoms with E-state index in [2.05, 4.69) is 14.7 Å². The van der Waals surface area contributed by atoms with Crippen LogP contribution in [0.1, 0.15) is 20.8 Å². The lowest BCUT2D eigenvalue weighted by Crippen LogP contribution is -2.03. The fraction of sp³-hybridized carbons (Fsp3) is 0.100. The second-order valence-electron chi connectivity index (χ2n) is 2.95. The lowest BCUT2D eigenvalue weighted by Gasteiger charge is -1.98. The molecule has 1 N–H and O–H groups in total. The predicted molar refractivity (Wildman–Crippen MR) is 52.8 cm³/mol. The van der Waals surface area contributed by atoms with Gasteiger partial charge in [-0.1, -0.05) is 0 Å². The van der Waals surface area contributed by atoms with E-state index >= 15 is 0 Å². The molecule has 2 aromatic rings. The number of hydrogen-bond donors (Lipinski definition) is 1. The highest BCUT2D eigenvalue weighted by atomic mass is 16.5. The largest absolute Gasteiger partial charge is 0.464 e. The lowest BCUT2D eigenvalue weighted by molar-refractivity contribution is 0.0594. The van der Waals surface area contributed by atoms with Gasteiger partial charge in [0.15, 0.2) is 6.29 Å². The Morgan fingerprint density at radius 3 is 3.00 bits per heavy atom. The molecule has 5 nitrogen and oxygen atoms in total. The maximum absolute atomic E-state index is 11.2. The first-order valence-corrected chi connectivity index (χ1v) is 4.28. The molecule has 0 aromatic carbocycles. The van der Waals surface area contributed by atoms with Crippen molar-refractivity contribution in [1.29, 1.82) is 0 Å². The minimum Gasteiger partial charge on any atom is -0.464 e. The van der Waals surface area contributed by atoms with Crippen molar-refractivity contribution in [3.8, 4) is 0 Å². The second kappa shape index (κ2) is 3.53. The van der Waals surface area contributed by atoms with Crippen LogP contribution in [0.25, 0.3) is 11.0 Å². The number of carbonyl (C=O) groups is 2. The van der Waals surface area contributed by atoms with E-state index in [-0.39, 0.29) is 5.69 Å². The number of aromatic nitrogens is 2. The summed E-state index contributed by atoms with van der Waals surface area (Å²) in [7, 11) is 1.28. The molecule has 0 aliphatic heterocycles. The van der Waals surface area contributed by atoms with E-state index in [1.807, 2.05) is 0 Å². The third-order valence-electron chi connectivity index (χ3n) is 2.07. The van der Waals surface area contributed by atoms with Gasteiger partial charge < -0.3 is 9.72 Å². The Balaban J connectivity index is 2.62. The zero-order chi connectivity index (χ0) is 10.8. The Morgan fingerprint density at radius 1 is 1.53 bits per heavy atom. The van der Waals surface area contributed by atoms with Crippen LogP contribution >= 0.6 is 0 Å². The number of pyridine rings is 1. The van der Waals surface area contributed by atoms with Crippen LogP contribution in [0.15, 0.2) is 18.3 Å². The number of esters is 1. The number of methoxy groups -OCH3 is 1. The molecule has 0 aliphatic rings. The second-order valence-corrected chi connectivity index (χ2v) is 2.95. The number of aldehydes is 1. The number of nitrogens with one attached hydrogen (secondary N) is 1. The summed E-state index contributed by atoms with van der Waals surface area (Å²) in [6.07, 6.45) is 2.23. The van der Waals surface area contributed by atoms with Crippen molar-refractivity contribution in [2.24, 2.45) is 0 Å². The lowest BCUT2D eigenvalue weighted by atomic mass is 10.2. The van der Waals surface area contributed by atoms with Crippen LogP contribution in [-0.4, -0.2) is 29.3 Å². The fourth-order valence-electron chi connectivity index (χ4n) is 1.33. The molecule has 5 heteroatoms. The highest BCUT2D eigenvalue weighted by molar-refractivity contribution is 5.97. The molecule has 2 heterocycles. The predicted octanol–water partition coefficient (Wildman–Crippen LogP) is 1.16. The van der Waals surface area contributed by atoms with Crippen LogP contribution in [0.5, 0.6) is 0 Å². The zero-order valence-corrected chi connectivity index (χ0v) is 7.98. The molecular weight excluding hydrogens is 196 g/mol. The molecule has 0 aliphatic carbocycles. The Labute approximate surface area is 85.1 Å². The molecule has 0 unspecified atom stereocenters. The molecule has 0 spiro atoms. The first-order chi connectivity index (χ1) is 7.26. The number of ether oxygens (including phenoxy) is 1. The number of nitrogens with zero attached hydrogens (tertiary/aromatic N) is 1. The van der Waals surface area contributed by atoms with Gasteiger partial charge in [0.1, 0.15) is 5.69 Å². The number of rotatable bonds is 2. The highest BCUT2D eigenvalue weighted by Crippen LogP contribution is 2.15. The molecule has 0 atom stereocenters. The fourth-order valence-corrected chi connectivity index (χ4v) is 1.33. The van der Waals surface area contributed by atoms with Crippen LogP contribution in [0.2, 0.25) is 0 Å². The SMILES string of the molecule is COC(=O)c1ccc2[nH]cc(C=O)c2n1. The number of aromatic amines is 1. The normalized spacial score (nSPS) is 10.2. The van der Waals surface area contributed by atoms with E-state index in [1.165, 1.54) is 7.11 Å². The number of fused-ring (bicyclic) bond motifs is 1. The highest BCUT2D eigenvalue weighted by Gasteiger charge is 2.10. The van der Waals surface area contributed by atoms with Crippen LogP contribution in [-0.2, 0) is 4.74 Å². The van der Waals surface area contributed by atoms with E-state index < -0.39 is 5.97 Å². The van der Waals surface area contributed by atoms with Crippen molar-refractivity contribution in [3.63, 3.8) is 0 Å². The maximum atomic E-state index is 11.2. The van der Waals surface area contributed by atoms with Crippen LogP contribution in [0, 0.1) is 0 Å². The minimum atomic E-state index is -0.519. The molecule has 0 saturated heterocycles. The molecule has 0 saturated carbocycles. The number of H-pyrrole nitrogens is 1. The minimum absolute atomic E-state index is 0.188. The Hall–Kier alpha value is -2.17. The van der Waals surface area contributed by atoms with Crippen LogP contribution in [0.4, 0.5) is 0 Å². The maximum Gasteiger partial charge on any atom is 0.356 e. The molecule has 0 amide bonds. The quantitative estimate of drug-likeness (QED) is 0.588. The standard InChI is InChI=1S/C10H8N2O3/c1-15-10(14)8-3-2-7-9(12-8)6(5-13)4-11-7/h2-5,11H,1H3. The zero-order valence-electron chi connectivity index (χ0n) is 7.98. The molecule has 2 aromatic heterocycles. The summed E-state index contributed by atoms with van der Waals surface area (Å²) in [5, 5.41) is 0. The van der Waals surface area contributed by atoms with Crippen molar-refractivity contribution < 1.29 is 14.3 Å². The van der Waals surface area contributed by atoms with Gasteiger partial charge in [-0.15, -0.1) is 0 Å². The average Bonchev–Trinajstić information content (AvgIpc) is 2.69. The molecular formula is C10H8N2O3. The first kappa shape index (κ1) is 9.39. The Kier molecular flexibility index (Phi) is 2.21. The average molecular weight is 204 g/mol. The van der Waals surface area contributed by atoms with Gasteiger partial charge in [0, 0.05) is 6.20 Å². The van der Waals surface area contributed by atoms with Gasteiger partial charge in [-0.3, -0.25) is 4.79 Å². The number of carbonyl (C=O) groups excluding carboxylic acids is 2. The van der Waals surface area contributed by atoms with Gasteiger partial charge in [-0.05, 0) is 12.1 Å². The van der Waals surface area contributed by atoms with Gasteiger partial charge in [0.25, 0.3) is 0 Å². The summed E-state index contributed by atoms with van der Waals surface area (Å²) in [6.45, 7) is 0. The third kappa shape index (κ3) is 1.48. The summed E-state index contributed by atoms with van der Waals surface area (Å²) in [4.78, 5) is 28.8. The van der Waals surface area contributed by atoms with Gasteiger partial charge in [-0.25, -0.2) is 9.78 Å². The summed E-state index contributed by atoms with van der Waals surface area (Å²) < 4.78 is 4.54. The smallest absolute Gasteiger partial charge is 0.356 e. The third-order valence-corrected chi connectivity index (χ3v) is 2.07. The van der Waals surface area contributed by atoms with E-state index in [4.69, 9.17) is 0 Å². The summed E-state index contributed by atoms with van der Waals surface area (Å²) >= 11 is 0. The van der Waals surface area contributed by atoms with Gasteiger partial charge in [0.05, 0.1) is 23.7 Å². The van der Waals surface area contributed by atoms with Crippen LogP contribution in [0.3, 0.4) is 0 Å². The first-order valence-electron chi connectivity index (χ1n) is 4.28. The summed E-state index contributed by atoms with van der Waals surface area (Å²) in [6, 6.07) is 3.22. The van der Waals surface area contributed by atoms with Crippen molar-refractivity contribution >= 4 is 23.3 Å². The summed E-state index contributed by atoms with van der Waals surface area (Å²) in [5.74, 6) is -0.519. The molecule has 76 valence electrons. The van der Waals surface area contributed by atoms with Crippen LogP contribution < -0.4 is 0 Å². The number of hydrogen-bond acceptors (Lipinski definition) is 4. The monoisotopic (exact) mass is 204 g/mol. The molecule has 0 fully saturated rings. The van der Waals surface area contributed by atoms with Gasteiger partial charge >= 0.3 is 5.97 Å². The van der Waals surface area contributed by atoms with E-state index in [0.29, 0.717) is 22.9 Å². The Morgan fingerprint density at radius 2 is 2.33 bits per heavy atom. The summed E-state index contributed by atoms with van der Waals surface area (Å²) in [5.41, 5.74) is 1.81. The van der Waals surface area contributed by atoms with E-state index in [9.17, 15) is 9.59 Å². The van der Waals surface area contributed by atoms with Crippen molar-refractivity contribution in [2.75, 3.05) is 7.11 Å². The van der Waals surface area contributed by atoms with Gasteiger partial charge in [-0.2, -0.15) is 0 Å². The topological polar surface area (TPSA) is 72.1 Å². The van der Waals surface area contributed by atoms with E-state index in [0.717, 1.165) is 0 Å². The molecule has 2 rings (SSSR count). The van der Waals surface area contributed by atoms with Gasteiger partial charge in [0.2, 0.25) is 0 Å². The van der Waals surface area contributed by atoms with E-state index in [1.54, 1.807) is 18.3 Å². The Bertz CT molecular complexity index is 530. The van der Waals surface area contributed by atoms with Crippen molar-refractivity contribution in [1.82, 2.24) is 9.97 Å². The molecule has 0 radical (unpaired) electrons. The molecule has 15 heavy (non-hydrogen) atoms.